The van der Waals surface area contributed by atoms with Crippen molar-refractivity contribution in [2.75, 3.05) is 18.0 Å². The second kappa shape index (κ2) is 8.34. The van der Waals surface area contributed by atoms with Gasteiger partial charge >= 0.3 is 6.18 Å². The third kappa shape index (κ3) is 4.56. The van der Waals surface area contributed by atoms with Gasteiger partial charge in [-0.05, 0) is 49.7 Å². The molecule has 0 radical (unpaired) electrons. The molecule has 1 aliphatic rings. The second-order valence-electron chi connectivity index (χ2n) is 7.54. The zero-order valence-corrected chi connectivity index (χ0v) is 16.6. The highest BCUT2D eigenvalue weighted by Gasteiger charge is 2.36. The molecule has 8 heteroatoms. The molecule has 2 atom stereocenters. The molecule has 0 saturated carbocycles. The molecule has 1 saturated heterocycles. The summed E-state index contributed by atoms with van der Waals surface area (Å²) in [5.41, 5.74) is -0.311. The number of hydrogen-bond donors (Lipinski definition) is 0. The topological polar surface area (TPSA) is 47.3 Å². The highest BCUT2D eigenvalue weighted by Crippen LogP contribution is 2.35. The molecule has 0 N–H and O–H groups in total. The van der Waals surface area contributed by atoms with Gasteiger partial charge in [0.25, 0.3) is 0 Å². The van der Waals surface area contributed by atoms with Gasteiger partial charge in [0.2, 0.25) is 5.91 Å². The van der Waals surface area contributed by atoms with E-state index in [1.165, 1.54) is 24.3 Å². The Morgan fingerprint density at radius 1 is 1.10 bits per heavy atom. The first kappa shape index (κ1) is 21.6. The van der Waals surface area contributed by atoms with Gasteiger partial charge in [-0.15, -0.1) is 0 Å². The number of rotatable bonds is 3. The number of nitrogens with zero attached hydrogens (tertiary/aromatic N) is 3. The Labute approximate surface area is 172 Å². The number of carbonyl (C=O) groups is 1. The van der Waals surface area contributed by atoms with Gasteiger partial charge in [0.15, 0.2) is 0 Å². The van der Waals surface area contributed by atoms with E-state index in [1.54, 1.807) is 23.1 Å². The molecular formula is C22H21F4N3O. The lowest BCUT2D eigenvalue weighted by Gasteiger charge is -2.45. The van der Waals surface area contributed by atoms with Crippen LogP contribution in [-0.4, -0.2) is 36.0 Å². The maximum Gasteiger partial charge on any atom is 0.417 e. The Bertz CT molecular complexity index is 966. The lowest BCUT2D eigenvalue weighted by Crippen LogP contribution is -2.58. The molecule has 158 valence electrons. The van der Waals surface area contributed by atoms with Gasteiger partial charge < -0.3 is 9.80 Å². The first-order chi connectivity index (χ1) is 14.1. The SMILES string of the molecule is C[C@@H]1CN(c2ccc(C#N)c(C(F)(F)F)c2)[C@@H](C)CN1C(=O)Cc1ccc(F)cc1. The van der Waals surface area contributed by atoms with Crippen molar-refractivity contribution in [3.05, 3.63) is 65.0 Å². The van der Waals surface area contributed by atoms with E-state index in [-0.39, 0.29) is 30.2 Å². The molecule has 0 spiro atoms. The van der Waals surface area contributed by atoms with Gasteiger partial charge in [0.05, 0.1) is 23.6 Å². The molecule has 2 aromatic rings. The Morgan fingerprint density at radius 3 is 2.37 bits per heavy atom. The lowest BCUT2D eigenvalue weighted by molar-refractivity contribution is -0.137. The molecule has 1 fully saturated rings. The highest BCUT2D eigenvalue weighted by atomic mass is 19.4. The van der Waals surface area contributed by atoms with Crippen molar-refractivity contribution >= 4 is 11.6 Å². The predicted molar refractivity (Wildman–Crippen MR) is 104 cm³/mol. The Kier molecular flexibility index (Phi) is 6.01. The van der Waals surface area contributed by atoms with E-state index < -0.39 is 17.3 Å². The fraction of sp³-hybridized carbons (Fsp3) is 0.364. The van der Waals surface area contributed by atoms with E-state index in [2.05, 4.69) is 0 Å². The largest absolute Gasteiger partial charge is 0.417 e. The van der Waals surface area contributed by atoms with Crippen LogP contribution in [0.25, 0.3) is 0 Å². The number of alkyl halides is 3. The van der Waals surface area contributed by atoms with Gasteiger partial charge in [-0.1, -0.05) is 12.1 Å². The van der Waals surface area contributed by atoms with E-state index in [4.69, 9.17) is 5.26 Å². The summed E-state index contributed by atoms with van der Waals surface area (Å²) in [5.74, 6) is -0.487. The van der Waals surface area contributed by atoms with Crippen molar-refractivity contribution < 1.29 is 22.4 Å². The van der Waals surface area contributed by atoms with E-state index in [1.807, 2.05) is 18.7 Å². The number of halogens is 4. The van der Waals surface area contributed by atoms with Crippen molar-refractivity contribution in [3.8, 4) is 6.07 Å². The molecule has 1 amide bonds. The summed E-state index contributed by atoms with van der Waals surface area (Å²) in [6.07, 6.45) is -4.49. The summed E-state index contributed by atoms with van der Waals surface area (Å²) in [6, 6.07) is 10.6. The van der Waals surface area contributed by atoms with Crippen LogP contribution in [0.15, 0.2) is 42.5 Å². The molecule has 0 aromatic heterocycles. The monoisotopic (exact) mass is 419 g/mol. The maximum absolute atomic E-state index is 13.3. The van der Waals surface area contributed by atoms with Gasteiger partial charge in [-0.25, -0.2) is 4.39 Å². The molecule has 30 heavy (non-hydrogen) atoms. The molecule has 1 heterocycles. The van der Waals surface area contributed by atoms with E-state index >= 15 is 0 Å². The standard InChI is InChI=1S/C22H21F4N3O/c1-14-13-29(21(30)9-16-3-6-18(23)7-4-16)15(2)12-28(14)19-8-5-17(11-27)20(10-19)22(24,25)26/h3-8,10,14-15H,9,12-13H2,1-2H3/t14-,15+/m0/s1. The van der Waals surface area contributed by atoms with Crippen LogP contribution in [-0.2, 0) is 17.4 Å². The normalized spacial score (nSPS) is 19.5. The van der Waals surface area contributed by atoms with Crippen LogP contribution in [0, 0.1) is 17.1 Å². The number of nitriles is 1. The summed E-state index contributed by atoms with van der Waals surface area (Å²) in [4.78, 5) is 16.3. The van der Waals surface area contributed by atoms with Gasteiger partial charge in [-0.2, -0.15) is 18.4 Å². The third-order valence-electron chi connectivity index (χ3n) is 5.34. The quantitative estimate of drug-likeness (QED) is 0.694. The van der Waals surface area contributed by atoms with Crippen LogP contribution in [0.3, 0.4) is 0 Å². The van der Waals surface area contributed by atoms with Gasteiger partial charge in [0.1, 0.15) is 5.82 Å². The fourth-order valence-corrected chi connectivity index (χ4v) is 3.76. The fourth-order valence-electron chi connectivity index (χ4n) is 3.76. The van der Waals surface area contributed by atoms with E-state index in [0.29, 0.717) is 24.3 Å². The van der Waals surface area contributed by atoms with Crippen molar-refractivity contribution in [2.45, 2.75) is 38.5 Å². The van der Waals surface area contributed by atoms with Crippen molar-refractivity contribution in [2.24, 2.45) is 0 Å². The first-order valence-electron chi connectivity index (χ1n) is 9.52. The van der Waals surface area contributed by atoms with Crippen LogP contribution in [0.1, 0.15) is 30.5 Å². The number of amides is 1. The number of carbonyl (C=O) groups excluding carboxylic acids is 1. The number of hydrogen-bond acceptors (Lipinski definition) is 3. The minimum Gasteiger partial charge on any atom is -0.365 e. The Balaban J connectivity index is 1.77. The Hall–Kier alpha value is -3.08. The molecule has 1 aliphatic heterocycles. The molecule has 0 aliphatic carbocycles. The van der Waals surface area contributed by atoms with Crippen molar-refractivity contribution in [3.63, 3.8) is 0 Å². The smallest absolute Gasteiger partial charge is 0.365 e. The van der Waals surface area contributed by atoms with Gasteiger partial charge in [0, 0.05) is 30.9 Å². The molecular weight excluding hydrogens is 398 g/mol. The number of anilines is 1. The lowest BCUT2D eigenvalue weighted by atomic mass is 10.0. The van der Waals surface area contributed by atoms with E-state index in [0.717, 1.165) is 6.07 Å². The van der Waals surface area contributed by atoms with Crippen LogP contribution >= 0.6 is 0 Å². The summed E-state index contributed by atoms with van der Waals surface area (Å²) in [5, 5.41) is 8.98. The number of benzene rings is 2. The van der Waals surface area contributed by atoms with Crippen LogP contribution in [0.5, 0.6) is 0 Å². The average Bonchev–Trinajstić information content (AvgIpc) is 2.70. The first-order valence-corrected chi connectivity index (χ1v) is 9.52. The summed E-state index contributed by atoms with van der Waals surface area (Å²) >= 11 is 0. The van der Waals surface area contributed by atoms with Crippen LogP contribution < -0.4 is 4.90 Å². The number of piperazine rings is 1. The summed E-state index contributed by atoms with van der Waals surface area (Å²) < 4.78 is 53.0. The molecule has 2 aromatic carbocycles. The molecule has 3 rings (SSSR count). The average molecular weight is 419 g/mol. The zero-order chi connectivity index (χ0) is 22.1. The zero-order valence-electron chi connectivity index (χ0n) is 16.6. The minimum atomic E-state index is -4.62. The maximum atomic E-state index is 13.3. The van der Waals surface area contributed by atoms with E-state index in [9.17, 15) is 22.4 Å². The molecule has 4 nitrogen and oxygen atoms in total. The summed E-state index contributed by atoms with van der Waals surface area (Å²) in [6.45, 7) is 4.40. The van der Waals surface area contributed by atoms with Gasteiger partial charge in [-0.3, -0.25) is 4.79 Å². The predicted octanol–water partition coefficient (Wildman–Crippen LogP) is 4.38. The van der Waals surface area contributed by atoms with Crippen molar-refractivity contribution in [1.29, 1.82) is 5.26 Å². The van der Waals surface area contributed by atoms with Crippen LogP contribution in [0.2, 0.25) is 0 Å². The Morgan fingerprint density at radius 2 is 1.77 bits per heavy atom. The minimum absolute atomic E-state index is 0.114. The van der Waals surface area contributed by atoms with Crippen molar-refractivity contribution in [1.82, 2.24) is 4.90 Å². The second-order valence-corrected chi connectivity index (χ2v) is 7.54. The molecule has 0 unspecified atom stereocenters. The summed E-state index contributed by atoms with van der Waals surface area (Å²) in [7, 11) is 0. The third-order valence-corrected chi connectivity index (χ3v) is 5.34. The molecule has 0 bridgehead atoms. The highest BCUT2D eigenvalue weighted by molar-refractivity contribution is 5.79. The van der Waals surface area contributed by atoms with Crippen LogP contribution in [0.4, 0.5) is 23.2 Å².